The molecule has 0 saturated carbocycles. The van der Waals surface area contributed by atoms with E-state index in [1.807, 2.05) is 24.3 Å². The zero-order valence-electron chi connectivity index (χ0n) is 13.9. The van der Waals surface area contributed by atoms with Crippen LogP contribution in [-0.4, -0.2) is 32.0 Å². The van der Waals surface area contributed by atoms with E-state index in [-0.39, 0.29) is 18.6 Å². The molecule has 0 bridgehead atoms. The molecule has 1 amide bonds. The summed E-state index contributed by atoms with van der Waals surface area (Å²) in [5.74, 6) is 2.78. The lowest BCUT2D eigenvalue weighted by atomic mass is 10.0. The van der Waals surface area contributed by atoms with Crippen LogP contribution in [0.15, 0.2) is 42.5 Å². The number of fused-ring (bicyclic) bond motifs is 2. The minimum absolute atomic E-state index is 0.165. The minimum Gasteiger partial charge on any atom is -0.493 e. The van der Waals surface area contributed by atoms with Gasteiger partial charge in [0, 0.05) is 24.1 Å². The Morgan fingerprint density at radius 2 is 2.00 bits per heavy atom. The molecule has 0 aliphatic carbocycles. The van der Waals surface area contributed by atoms with Gasteiger partial charge in [0.2, 0.25) is 6.79 Å². The molecule has 0 aromatic heterocycles. The molecular weight excluding hydrogens is 322 g/mol. The molecule has 0 radical (unpaired) electrons. The standard InChI is InChI=1S/C19H19NO5/c1-12(25-14-6-7-17-18(8-14)24-11-23-17)19(21)20-9-13-10-22-16-5-3-2-4-15(13)16/h2-8,12-13H,9-11H2,1H3,(H,20,21)/t12-,13+/m0/s1. The fourth-order valence-corrected chi connectivity index (χ4v) is 2.97. The molecule has 6 heteroatoms. The van der Waals surface area contributed by atoms with E-state index in [0.29, 0.717) is 30.4 Å². The van der Waals surface area contributed by atoms with E-state index in [2.05, 4.69) is 5.32 Å². The zero-order chi connectivity index (χ0) is 17.2. The third kappa shape index (κ3) is 3.20. The second-order valence-corrected chi connectivity index (χ2v) is 6.07. The maximum atomic E-state index is 12.3. The molecular formula is C19H19NO5. The fraction of sp³-hybridized carbons (Fsp3) is 0.316. The summed E-state index contributed by atoms with van der Waals surface area (Å²) < 4.78 is 21.9. The van der Waals surface area contributed by atoms with Crippen LogP contribution >= 0.6 is 0 Å². The number of rotatable bonds is 5. The van der Waals surface area contributed by atoms with Crippen LogP contribution in [0, 0.1) is 0 Å². The lowest BCUT2D eigenvalue weighted by molar-refractivity contribution is -0.127. The van der Waals surface area contributed by atoms with Crippen molar-refractivity contribution < 1.29 is 23.7 Å². The highest BCUT2D eigenvalue weighted by Gasteiger charge is 2.25. The van der Waals surface area contributed by atoms with Gasteiger partial charge in [0.15, 0.2) is 17.6 Å². The maximum absolute atomic E-state index is 12.3. The number of ether oxygens (including phenoxy) is 4. The maximum Gasteiger partial charge on any atom is 0.260 e. The Labute approximate surface area is 145 Å². The van der Waals surface area contributed by atoms with Crippen LogP contribution in [0.25, 0.3) is 0 Å². The predicted molar refractivity (Wildman–Crippen MR) is 90.3 cm³/mol. The smallest absolute Gasteiger partial charge is 0.260 e. The van der Waals surface area contributed by atoms with Crippen LogP contribution < -0.4 is 24.3 Å². The summed E-state index contributed by atoms with van der Waals surface area (Å²) in [6.07, 6.45) is -0.613. The Hall–Kier alpha value is -2.89. The van der Waals surface area contributed by atoms with E-state index >= 15 is 0 Å². The van der Waals surface area contributed by atoms with Gasteiger partial charge < -0.3 is 24.3 Å². The molecule has 0 spiro atoms. The lowest BCUT2D eigenvalue weighted by Crippen LogP contribution is -2.38. The number of benzene rings is 2. The Morgan fingerprint density at radius 3 is 2.92 bits per heavy atom. The minimum atomic E-state index is -0.613. The van der Waals surface area contributed by atoms with E-state index in [1.165, 1.54) is 0 Å². The molecule has 0 fully saturated rings. The molecule has 2 aliphatic rings. The summed E-state index contributed by atoms with van der Waals surface area (Å²) in [6, 6.07) is 13.2. The molecule has 0 unspecified atom stereocenters. The van der Waals surface area contributed by atoms with Gasteiger partial charge in [-0.15, -0.1) is 0 Å². The molecule has 130 valence electrons. The number of para-hydroxylation sites is 1. The van der Waals surface area contributed by atoms with Gasteiger partial charge >= 0.3 is 0 Å². The fourth-order valence-electron chi connectivity index (χ4n) is 2.97. The number of amides is 1. The number of nitrogens with one attached hydrogen (secondary N) is 1. The summed E-state index contributed by atoms with van der Waals surface area (Å²) in [4.78, 5) is 12.3. The van der Waals surface area contributed by atoms with Gasteiger partial charge in [-0.1, -0.05) is 18.2 Å². The Morgan fingerprint density at radius 1 is 1.16 bits per heavy atom. The van der Waals surface area contributed by atoms with Gasteiger partial charge in [0.1, 0.15) is 11.5 Å². The average molecular weight is 341 g/mol. The predicted octanol–water partition coefficient (Wildman–Crippen LogP) is 2.48. The molecule has 1 N–H and O–H groups in total. The van der Waals surface area contributed by atoms with Crippen molar-refractivity contribution in [2.75, 3.05) is 19.9 Å². The molecule has 2 aromatic carbocycles. The van der Waals surface area contributed by atoms with E-state index in [9.17, 15) is 4.79 Å². The van der Waals surface area contributed by atoms with E-state index in [0.717, 1.165) is 11.3 Å². The van der Waals surface area contributed by atoms with Crippen LogP contribution in [0.5, 0.6) is 23.0 Å². The molecule has 6 nitrogen and oxygen atoms in total. The topological polar surface area (TPSA) is 66.0 Å². The van der Waals surface area contributed by atoms with Crippen molar-refractivity contribution in [2.24, 2.45) is 0 Å². The first-order valence-electron chi connectivity index (χ1n) is 8.26. The van der Waals surface area contributed by atoms with Crippen LogP contribution in [0.4, 0.5) is 0 Å². The normalized spacial score (nSPS) is 18.2. The highest BCUT2D eigenvalue weighted by atomic mass is 16.7. The summed E-state index contributed by atoms with van der Waals surface area (Å²) in [5.41, 5.74) is 1.13. The van der Waals surface area contributed by atoms with Crippen molar-refractivity contribution in [3.8, 4) is 23.0 Å². The van der Waals surface area contributed by atoms with Crippen LogP contribution in [0.1, 0.15) is 18.4 Å². The first-order chi connectivity index (χ1) is 12.2. The second kappa shape index (κ2) is 6.55. The molecule has 2 atom stereocenters. The van der Waals surface area contributed by atoms with Gasteiger partial charge in [0.25, 0.3) is 5.91 Å². The first kappa shape index (κ1) is 15.6. The van der Waals surface area contributed by atoms with E-state index in [1.54, 1.807) is 25.1 Å². The van der Waals surface area contributed by atoms with Crippen molar-refractivity contribution in [3.63, 3.8) is 0 Å². The van der Waals surface area contributed by atoms with Crippen molar-refractivity contribution in [1.82, 2.24) is 5.32 Å². The monoisotopic (exact) mass is 341 g/mol. The van der Waals surface area contributed by atoms with Crippen molar-refractivity contribution in [2.45, 2.75) is 18.9 Å². The summed E-state index contributed by atoms with van der Waals surface area (Å²) in [5, 5.41) is 2.94. The molecule has 25 heavy (non-hydrogen) atoms. The molecule has 2 aromatic rings. The largest absolute Gasteiger partial charge is 0.493 e. The Bertz CT molecular complexity index is 791. The number of hydrogen-bond acceptors (Lipinski definition) is 5. The summed E-state index contributed by atoms with van der Waals surface area (Å²) in [6.45, 7) is 3.03. The van der Waals surface area contributed by atoms with Crippen molar-refractivity contribution in [1.29, 1.82) is 0 Å². The quantitative estimate of drug-likeness (QED) is 0.905. The first-order valence-corrected chi connectivity index (χ1v) is 8.26. The van der Waals surface area contributed by atoms with Crippen LogP contribution in [0.3, 0.4) is 0 Å². The van der Waals surface area contributed by atoms with Crippen LogP contribution in [-0.2, 0) is 4.79 Å². The molecule has 0 saturated heterocycles. The third-order valence-corrected chi connectivity index (χ3v) is 4.35. The van der Waals surface area contributed by atoms with Crippen LogP contribution in [0.2, 0.25) is 0 Å². The van der Waals surface area contributed by atoms with Gasteiger partial charge in [-0.2, -0.15) is 0 Å². The summed E-state index contributed by atoms with van der Waals surface area (Å²) in [7, 11) is 0. The second-order valence-electron chi connectivity index (χ2n) is 6.07. The van der Waals surface area contributed by atoms with Crippen molar-refractivity contribution >= 4 is 5.91 Å². The van der Waals surface area contributed by atoms with E-state index < -0.39 is 6.10 Å². The average Bonchev–Trinajstić information content (AvgIpc) is 3.26. The highest BCUT2D eigenvalue weighted by molar-refractivity contribution is 5.80. The SMILES string of the molecule is C[C@H](Oc1ccc2c(c1)OCO2)C(=O)NC[C@@H]1COc2ccccc21. The van der Waals surface area contributed by atoms with E-state index in [4.69, 9.17) is 18.9 Å². The number of carbonyl (C=O) groups excluding carboxylic acids is 1. The van der Waals surface area contributed by atoms with Gasteiger partial charge in [-0.3, -0.25) is 4.79 Å². The third-order valence-electron chi connectivity index (χ3n) is 4.35. The molecule has 2 aliphatic heterocycles. The zero-order valence-corrected chi connectivity index (χ0v) is 13.9. The van der Waals surface area contributed by atoms with Gasteiger partial charge in [-0.05, 0) is 25.1 Å². The number of hydrogen-bond donors (Lipinski definition) is 1. The Balaban J connectivity index is 1.32. The van der Waals surface area contributed by atoms with Gasteiger partial charge in [-0.25, -0.2) is 0 Å². The lowest BCUT2D eigenvalue weighted by Gasteiger charge is -2.16. The highest BCUT2D eigenvalue weighted by Crippen LogP contribution is 2.35. The summed E-state index contributed by atoms with van der Waals surface area (Å²) >= 11 is 0. The van der Waals surface area contributed by atoms with Gasteiger partial charge in [0.05, 0.1) is 6.61 Å². The molecule has 4 rings (SSSR count). The number of carbonyl (C=O) groups is 1. The van der Waals surface area contributed by atoms with Crippen molar-refractivity contribution in [3.05, 3.63) is 48.0 Å². The Kier molecular flexibility index (Phi) is 4.09. The molecule has 2 heterocycles.